The van der Waals surface area contributed by atoms with E-state index in [2.05, 4.69) is 41.5 Å². The molecule has 0 unspecified atom stereocenters. The second-order valence-electron chi connectivity index (χ2n) is 9.91. The van der Waals surface area contributed by atoms with E-state index >= 15 is 0 Å². The second-order valence-corrected chi connectivity index (χ2v) is 9.91. The Bertz CT molecular complexity index is 1360. The van der Waals surface area contributed by atoms with Gasteiger partial charge in [0.05, 0.1) is 42.1 Å². The van der Waals surface area contributed by atoms with E-state index in [4.69, 9.17) is 14.0 Å². The molecule has 35 heavy (non-hydrogen) atoms. The maximum Gasteiger partial charge on any atom is 0.495 e. The smallest absolute Gasteiger partial charge is 0.465 e. The molecule has 0 bridgehead atoms. The van der Waals surface area contributed by atoms with Gasteiger partial charge < -0.3 is 14.0 Å². The quantitative estimate of drug-likeness (QED) is 0.310. The number of ether oxygens (including phenoxy) is 1. The van der Waals surface area contributed by atoms with Crippen LogP contribution < -0.4 is 5.46 Å². The number of hydrogen-bond donors (Lipinski definition) is 0. The van der Waals surface area contributed by atoms with Gasteiger partial charge in [0.15, 0.2) is 0 Å². The molecule has 1 saturated heterocycles. The summed E-state index contributed by atoms with van der Waals surface area (Å²) < 4.78 is 19.5. The number of carbonyl (C=O) groups is 1. The molecular formula is C28H29BN2O4. The average Bonchev–Trinajstić information content (AvgIpc) is 3.36. The van der Waals surface area contributed by atoms with Crippen molar-refractivity contribution in [1.82, 2.24) is 9.78 Å². The lowest BCUT2D eigenvalue weighted by Crippen LogP contribution is -2.41. The molecule has 0 N–H and O–H groups in total. The third-order valence-electron chi connectivity index (χ3n) is 7.14. The van der Waals surface area contributed by atoms with Gasteiger partial charge in [-0.15, -0.1) is 0 Å². The lowest BCUT2D eigenvalue weighted by Gasteiger charge is -2.32. The van der Waals surface area contributed by atoms with Gasteiger partial charge in [-0.1, -0.05) is 60.7 Å². The van der Waals surface area contributed by atoms with E-state index in [1.165, 1.54) is 12.7 Å². The minimum Gasteiger partial charge on any atom is -0.465 e. The van der Waals surface area contributed by atoms with Crippen LogP contribution in [0.5, 0.6) is 0 Å². The van der Waals surface area contributed by atoms with Crippen LogP contribution in [0, 0.1) is 0 Å². The summed E-state index contributed by atoms with van der Waals surface area (Å²) in [5.41, 5.74) is 4.46. The van der Waals surface area contributed by atoms with Crippen LogP contribution >= 0.6 is 0 Å². The number of aromatic nitrogens is 2. The highest BCUT2D eigenvalue weighted by atomic mass is 16.7. The zero-order valence-electron chi connectivity index (χ0n) is 20.7. The number of hydrogen-bond acceptors (Lipinski definition) is 5. The molecule has 6 nitrogen and oxygen atoms in total. The van der Waals surface area contributed by atoms with E-state index in [0.29, 0.717) is 17.6 Å². The summed E-state index contributed by atoms with van der Waals surface area (Å²) in [6.07, 6.45) is 1.78. The van der Waals surface area contributed by atoms with Crippen LogP contribution in [0.1, 0.15) is 43.6 Å². The molecule has 4 aromatic rings. The molecule has 1 fully saturated rings. The summed E-state index contributed by atoms with van der Waals surface area (Å²) in [5.74, 6) is -0.406. The summed E-state index contributed by atoms with van der Waals surface area (Å²) in [6.45, 7) is 8.60. The van der Waals surface area contributed by atoms with E-state index in [0.717, 1.165) is 22.0 Å². The minimum atomic E-state index is -0.558. The van der Waals surface area contributed by atoms with E-state index in [-0.39, 0.29) is 0 Å². The Kier molecular flexibility index (Phi) is 5.78. The third-order valence-corrected chi connectivity index (χ3v) is 7.14. The average molecular weight is 468 g/mol. The van der Waals surface area contributed by atoms with Crippen LogP contribution in [0.3, 0.4) is 0 Å². The number of benzene rings is 3. The zero-order valence-corrected chi connectivity index (χ0v) is 20.7. The van der Waals surface area contributed by atoms with Gasteiger partial charge in [-0.2, -0.15) is 5.10 Å². The molecule has 3 aromatic carbocycles. The normalized spacial score (nSPS) is 16.5. The van der Waals surface area contributed by atoms with Gasteiger partial charge in [-0.05, 0) is 55.9 Å². The van der Waals surface area contributed by atoms with Gasteiger partial charge in [-0.3, -0.25) is 4.68 Å². The standard InChI is InChI=1S/C28H29BN2O4/c1-27(2)28(3,4)35-29(34-27)24-16-15-22(26(32)33-5)25-23(24)17-30-31(25)18-19-11-13-21(14-12-19)20-9-7-6-8-10-20/h6-17H,18H2,1-5H3. The van der Waals surface area contributed by atoms with Gasteiger partial charge >= 0.3 is 13.1 Å². The van der Waals surface area contributed by atoms with E-state index in [1.54, 1.807) is 12.3 Å². The Hall–Kier alpha value is -3.42. The van der Waals surface area contributed by atoms with Gasteiger partial charge in [-0.25, -0.2) is 4.79 Å². The fourth-order valence-corrected chi connectivity index (χ4v) is 4.40. The predicted molar refractivity (Wildman–Crippen MR) is 138 cm³/mol. The summed E-state index contributed by atoms with van der Waals surface area (Å²) in [6, 6.07) is 22.3. The number of nitrogens with zero attached hydrogens (tertiary/aromatic N) is 2. The first-order valence-corrected chi connectivity index (χ1v) is 11.8. The minimum absolute atomic E-state index is 0.406. The van der Waals surface area contributed by atoms with Crippen molar-refractivity contribution in [2.24, 2.45) is 0 Å². The lowest BCUT2D eigenvalue weighted by molar-refractivity contribution is 0.00578. The molecule has 0 aliphatic carbocycles. The molecule has 178 valence electrons. The van der Waals surface area contributed by atoms with E-state index in [1.807, 2.05) is 56.6 Å². The number of carbonyl (C=O) groups excluding carboxylic acids is 1. The van der Waals surface area contributed by atoms with Gasteiger partial charge in [0.1, 0.15) is 0 Å². The van der Waals surface area contributed by atoms with Crippen LogP contribution in [0.4, 0.5) is 0 Å². The molecule has 1 aromatic heterocycles. The van der Waals surface area contributed by atoms with Crippen LogP contribution in [0.25, 0.3) is 22.0 Å². The van der Waals surface area contributed by atoms with Crippen molar-refractivity contribution >= 4 is 29.5 Å². The first-order valence-electron chi connectivity index (χ1n) is 11.8. The van der Waals surface area contributed by atoms with Crippen molar-refractivity contribution in [2.45, 2.75) is 45.4 Å². The first kappa shape index (κ1) is 23.3. The summed E-state index contributed by atoms with van der Waals surface area (Å²) >= 11 is 0. The molecule has 0 amide bonds. The first-order chi connectivity index (χ1) is 16.7. The largest absolute Gasteiger partial charge is 0.495 e. The molecule has 0 atom stereocenters. The highest BCUT2D eigenvalue weighted by Crippen LogP contribution is 2.37. The summed E-state index contributed by atoms with van der Waals surface area (Å²) in [5, 5.41) is 5.46. The number of rotatable bonds is 5. The van der Waals surface area contributed by atoms with Crippen molar-refractivity contribution < 1.29 is 18.8 Å². The summed E-state index contributed by atoms with van der Waals surface area (Å²) in [7, 11) is 0.830. The highest BCUT2D eigenvalue weighted by Gasteiger charge is 2.52. The van der Waals surface area contributed by atoms with Gasteiger partial charge in [0.25, 0.3) is 0 Å². The van der Waals surface area contributed by atoms with Crippen LogP contribution in [0.15, 0.2) is 72.9 Å². The Balaban J connectivity index is 1.53. The molecule has 1 aliphatic heterocycles. The topological polar surface area (TPSA) is 62.6 Å². The molecule has 7 heteroatoms. The SMILES string of the molecule is COC(=O)c1ccc(B2OC(C)(C)C(C)(C)O2)c2cnn(Cc3ccc(-c4ccccc4)cc3)c12. The Morgan fingerprint density at radius 1 is 0.914 bits per heavy atom. The number of fused-ring (bicyclic) bond motifs is 1. The van der Waals surface area contributed by atoms with Crippen LogP contribution in [-0.2, 0) is 20.6 Å². The maximum atomic E-state index is 12.6. The predicted octanol–water partition coefficient (Wildman–Crippen LogP) is 4.84. The van der Waals surface area contributed by atoms with Gasteiger partial charge in [0, 0.05) is 5.39 Å². The van der Waals surface area contributed by atoms with Crippen molar-refractivity contribution in [1.29, 1.82) is 0 Å². The fourth-order valence-electron chi connectivity index (χ4n) is 4.40. The van der Waals surface area contributed by atoms with E-state index in [9.17, 15) is 4.79 Å². The molecule has 0 radical (unpaired) electrons. The fraction of sp³-hybridized carbons (Fsp3) is 0.286. The molecule has 2 heterocycles. The van der Waals surface area contributed by atoms with Crippen molar-refractivity contribution in [2.75, 3.05) is 7.11 Å². The Morgan fingerprint density at radius 2 is 1.54 bits per heavy atom. The monoisotopic (exact) mass is 468 g/mol. The Morgan fingerprint density at radius 3 is 2.17 bits per heavy atom. The third kappa shape index (κ3) is 4.15. The number of methoxy groups -OCH3 is 1. The highest BCUT2D eigenvalue weighted by molar-refractivity contribution is 6.65. The summed E-state index contributed by atoms with van der Waals surface area (Å²) in [4.78, 5) is 12.6. The number of esters is 1. The van der Waals surface area contributed by atoms with Crippen molar-refractivity contribution in [3.63, 3.8) is 0 Å². The van der Waals surface area contributed by atoms with Crippen LogP contribution in [-0.4, -0.2) is 41.2 Å². The second kappa shape index (κ2) is 8.66. The molecule has 0 saturated carbocycles. The lowest BCUT2D eigenvalue weighted by atomic mass is 9.76. The van der Waals surface area contributed by atoms with Crippen molar-refractivity contribution in [3.05, 3.63) is 84.1 Å². The Labute approximate surface area is 206 Å². The molecule has 5 rings (SSSR count). The molecule has 1 aliphatic rings. The van der Waals surface area contributed by atoms with E-state index < -0.39 is 24.3 Å². The molecular weight excluding hydrogens is 439 g/mol. The maximum absolute atomic E-state index is 12.6. The molecule has 0 spiro atoms. The zero-order chi connectivity index (χ0) is 24.8. The van der Waals surface area contributed by atoms with Gasteiger partial charge in [0.2, 0.25) is 0 Å². The van der Waals surface area contributed by atoms with Crippen LogP contribution in [0.2, 0.25) is 0 Å². The van der Waals surface area contributed by atoms with Crippen molar-refractivity contribution in [3.8, 4) is 11.1 Å².